The van der Waals surface area contributed by atoms with Crippen LogP contribution in [0.3, 0.4) is 0 Å². The first-order valence-corrected chi connectivity index (χ1v) is 11.2. The highest BCUT2D eigenvalue weighted by Crippen LogP contribution is 2.33. The van der Waals surface area contributed by atoms with E-state index in [0.717, 1.165) is 48.7 Å². The van der Waals surface area contributed by atoms with Crippen molar-refractivity contribution in [3.05, 3.63) is 36.7 Å². The maximum Gasteiger partial charge on any atom is 0.231 e. The third kappa shape index (κ3) is 4.50. The van der Waals surface area contributed by atoms with Crippen molar-refractivity contribution in [3.8, 4) is 17.3 Å². The van der Waals surface area contributed by atoms with Crippen LogP contribution in [0.2, 0.25) is 0 Å². The third-order valence-electron chi connectivity index (χ3n) is 5.69. The maximum absolute atomic E-state index is 6.19. The van der Waals surface area contributed by atoms with E-state index in [9.17, 15) is 0 Å². The quantitative estimate of drug-likeness (QED) is 0.410. The average molecular weight is 453 g/mol. The molecular formula is C23H28N6O4. The number of morpholine rings is 1. The van der Waals surface area contributed by atoms with Gasteiger partial charge in [0.15, 0.2) is 11.4 Å². The number of anilines is 1. The van der Waals surface area contributed by atoms with Gasteiger partial charge < -0.3 is 28.8 Å². The number of hydrogen-bond donors (Lipinski definition) is 1. The molecule has 10 nitrogen and oxygen atoms in total. The monoisotopic (exact) mass is 452 g/mol. The molecule has 0 aromatic carbocycles. The number of nitrogens with zero attached hydrogens (tertiary/aromatic N) is 5. The summed E-state index contributed by atoms with van der Waals surface area (Å²) >= 11 is 0. The molecule has 10 heteroatoms. The lowest BCUT2D eigenvalue weighted by Crippen LogP contribution is -2.44. The number of fused-ring (bicyclic) bond motifs is 2. The first-order valence-electron chi connectivity index (χ1n) is 11.2. The largest absolute Gasteiger partial charge is 0.475 e. The third-order valence-corrected chi connectivity index (χ3v) is 5.69. The molecule has 0 saturated carbocycles. The van der Waals surface area contributed by atoms with Gasteiger partial charge in [0.05, 0.1) is 37.4 Å². The molecule has 0 bridgehead atoms. The molecule has 0 amide bonds. The molecule has 1 atom stereocenters. The first-order chi connectivity index (χ1) is 16.3. The number of methoxy groups -OCH3 is 1. The summed E-state index contributed by atoms with van der Waals surface area (Å²) < 4.78 is 24.6. The SMILES string of the molecule is CCN(CCOC)c1nccc2oc(-c3cnc4ccc(OC[C@@H]5COCCN5)nn34)cc12. The molecule has 5 rings (SSSR count). The summed E-state index contributed by atoms with van der Waals surface area (Å²) in [6.45, 7) is 6.96. The van der Waals surface area contributed by atoms with E-state index >= 15 is 0 Å². The summed E-state index contributed by atoms with van der Waals surface area (Å²) in [5, 5.41) is 8.96. The second-order valence-electron chi connectivity index (χ2n) is 7.85. The summed E-state index contributed by atoms with van der Waals surface area (Å²) in [6.07, 6.45) is 3.53. The van der Waals surface area contributed by atoms with Gasteiger partial charge in [0.2, 0.25) is 5.88 Å². The molecule has 1 saturated heterocycles. The van der Waals surface area contributed by atoms with E-state index < -0.39 is 0 Å². The molecular weight excluding hydrogens is 424 g/mol. The summed E-state index contributed by atoms with van der Waals surface area (Å²) in [6, 6.07) is 7.73. The fraction of sp³-hybridized carbons (Fsp3) is 0.435. The lowest BCUT2D eigenvalue weighted by molar-refractivity contribution is 0.0583. The number of hydrogen-bond acceptors (Lipinski definition) is 9. The van der Waals surface area contributed by atoms with Gasteiger partial charge in [-0.15, -0.1) is 5.10 Å². The summed E-state index contributed by atoms with van der Waals surface area (Å²) in [7, 11) is 1.70. The number of nitrogens with one attached hydrogen (secondary N) is 1. The summed E-state index contributed by atoms with van der Waals surface area (Å²) in [5.74, 6) is 2.06. The summed E-state index contributed by atoms with van der Waals surface area (Å²) in [4.78, 5) is 11.3. The van der Waals surface area contributed by atoms with E-state index in [1.807, 2.05) is 24.3 Å². The van der Waals surface area contributed by atoms with Crippen molar-refractivity contribution in [1.29, 1.82) is 0 Å². The highest BCUT2D eigenvalue weighted by molar-refractivity contribution is 5.91. The average Bonchev–Trinajstić information content (AvgIpc) is 3.48. The molecule has 4 aromatic heterocycles. The van der Waals surface area contributed by atoms with Crippen LogP contribution in [-0.2, 0) is 9.47 Å². The maximum atomic E-state index is 6.19. The Morgan fingerprint density at radius 2 is 2.21 bits per heavy atom. The number of furan rings is 1. The molecule has 0 spiro atoms. The van der Waals surface area contributed by atoms with E-state index in [1.54, 1.807) is 24.0 Å². The molecule has 1 aliphatic rings. The molecule has 1 aliphatic heterocycles. The van der Waals surface area contributed by atoms with Crippen LogP contribution < -0.4 is 15.0 Å². The Hall–Kier alpha value is -3.21. The number of rotatable bonds is 9. The van der Waals surface area contributed by atoms with Crippen LogP contribution in [0.1, 0.15) is 6.92 Å². The standard InChI is InChI=1S/C23H28N6O4/c1-3-28(9-11-30-2)23-17-12-20(33-19(17)6-7-25-23)18-13-26-21-4-5-22(27-29(18)21)32-15-16-14-31-10-8-24-16/h4-7,12-13,16,24H,3,8-11,14-15H2,1-2H3/t16-/m0/s1. The predicted octanol–water partition coefficient (Wildman–Crippen LogP) is 2.38. The Morgan fingerprint density at radius 1 is 1.27 bits per heavy atom. The van der Waals surface area contributed by atoms with Crippen LogP contribution in [0.5, 0.6) is 5.88 Å². The van der Waals surface area contributed by atoms with Gasteiger partial charge in [0, 0.05) is 39.0 Å². The Morgan fingerprint density at radius 3 is 3.03 bits per heavy atom. The topological polar surface area (TPSA) is 99.2 Å². The van der Waals surface area contributed by atoms with E-state index in [2.05, 4.69) is 32.2 Å². The van der Waals surface area contributed by atoms with Crippen LogP contribution >= 0.6 is 0 Å². The van der Waals surface area contributed by atoms with Gasteiger partial charge in [-0.3, -0.25) is 0 Å². The lowest BCUT2D eigenvalue weighted by Gasteiger charge is -2.23. The molecule has 174 valence electrons. The minimum absolute atomic E-state index is 0.152. The van der Waals surface area contributed by atoms with Crippen molar-refractivity contribution in [2.24, 2.45) is 0 Å². The van der Waals surface area contributed by atoms with Crippen molar-refractivity contribution < 1.29 is 18.6 Å². The van der Waals surface area contributed by atoms with E-state index in [0.29, 0.717) is 37.1 Å². The van der Waals surface area contributed by atoms with Crippen LogP contribution in [0.25, 0.3) is 28.1 Å². The molecule has 0 radical (unpaired) electrons. The van der Waals surface area contributed by atoms with Gasteiger partial charge >= 0.3 is 0 Å². The van der Waals surface area contributed by atoms with E-state index in [-0.39, 0.29) is 6.04 Å². The smallest absolute Gasteiger partial charge is 0.231 e. The Kier molecular flexibility index (Phi) is 6.38. The molecule has 1 N–H and O–H groups in total. The normalized spacial score (nSPS) is 16.5. The zero-order valence-corrected chi connectivity index (χ0v) is 18.9. The molecule has 4 aromatic rings. The molecule has 1 fully saturated rings. The van der Waals surface area contributed by atoms with Gasteiger partial charge in [-0.1, -0.05) is 0 Å². The van der Waals surface area contributed by atoms with Gasteiger partial charge in [0.25, 0.3) is 0 Å². The summed E-state index contributed by atoms with van der Waals surface area (Å²) in [5.41, 5.74) is 2.22. The fourth-order valence-electron chi connectivity index (χ4n) is 3.96. The van der Waals surface area contributed by atoms with Gasteiger partial charge in [-0.05, 0) is 25.1 Å². The number of imidazole rings is 1. The van der Waals surface area contributed by atoms with Crippen LogP contribution in [-0.4, -0.2) is 78.8 Å². The Labute approximate surface area is 191 Å². The second kappa shape index (κ2) is 9.74. The minimum Gasteiger partial charge on any atom is -0.475 e. The van der Waals surface area contributed by atoms with Crippen LogP contribution in [0, 0.1) is 0 Å². The molecule has 0 aliphatic carbocycles. The predicted molar refractivity (Wildman–Crippen MR) is 124 cm³/mol. The number of ether oxygens (including phenoxy) is 3. The lowest BCUT2D eigenvalue weighted by atomic mass is 10.2. The molecule has 33 heavy (non-hydrogen) atoms. The van der Waals surface area contributed by atoms with Crippen molar-refractivity contribution in [3.63, 3.8) is 0 Å². The highest BCUT2D eigenvalue weighted by Gasteiger charge is 2.18. The van der Waals surface area contributed by atoms with E-state index in [4.69, 9.17) is 18.6 Å². The first kappa shape index (κ1) is 21.6. The van der Waals surface area contributed by atoms with Crippen molar-refractivity contribution >= 4 is 22.4 Å². The van der Waals surface area contributed by atoms with Crippen LogP contribution in [0.4, 0.5) is 5.82 Å². The van der Waals surface area contributed by atoms with Crippen molar-refractivity contribution in [1.82, 2.24) is 24.9 Å². The zero-order chi connectivity index (χ0) is 22.6. The number of likely N-dealkylation sites (N-methyl/N-ethyl adjacent to an activating group) is 1. The Bertz CT molecular complexity index is 1220. The van der Waals surface area contributed by atoms with Crippen LogP contribution in [0.15, 0.2) is 41.1 Å². The van der Waals surface area contributed by atoms with E-state index in [1.165, 1.54) is 0 Å². The highest BCUT2D eigenvalue weighted by atomic mass is 16.5. The fourth-order valence-corrected chi connectivity index (χ4v) is 3.96. The van der Waals surface area contributed by atoms with Gasteiger partial charge in [-0.2, -0.15) is 0 Å². The number of aromatic nitrogens is 4. The Balaban J connectivity index is 1.44. The van der Waals surface area contributed by atoms with Crippen molar-refractivity contribution in [2.45, 2.75) is 13.0 Å². The molecule has 5 heterocycles. The van der Waals surface area contributed by atoms with Gasteiger partial charge in [0.1, 0.15) is 23.7 Å². The number of pyridine rings is 1. The van der Waals surface area contributed by atoms with Gasteiger partial charge in [-0.25, -0.2) is 14.5 Å². The molecule has 0 unspecified atom stereocenters. The zero-order valence-electron chi connectivity index (χ0n) is 18.9. The second-order valence-corrected chi connectivity index (χ2v) is 7.85. The van der Waals surface area contributed by atoms with Crippen molar-refractivity contribution in [2.75, 3.05) is 58.1 Å². The minimum atomic E-state index is 0.152.